The number of esters is 1. The van der Waals surface area contributed by atoms with Crippen molar-refractivity contribution in [3.05, 3.63) is 86.9 Å². The van der Waals surface area contributed by atoms with Gasteiger partial charge in [-0.15, -0.1) is 11.3 Å². The molecule has 0 amide bonds. The quantitative estimate of drug-likeness (QED) is 0.104. The normalized spacial score (nSPS) is 10.9. The van der Waals surface area contributed by atoms with E-state index in [1.165, 1.54) is 12.1 Å². The van der Waals surface area contributed by atoms with Gasteiger partial charge in [0.2, 0.25) is 0 Å². The molecule has 0 atom stereocenters. The fraction of sp³-hybridized carbons (Fsp3) is 0.185. The zero-order chi connectivity index (χ0) is 27.1. The molecule has 188 valence electrons. The van der Waals surface area contributed by atoms with Crippen molar-refractivity contribution in [1.29, 1.82) is 10.5 Å². The minimum absolute atomic E-state index is 0.0312. The van der Waals surface area contributed by atoms with Crippen LogP contribution in [0.15, 0.2) is 42.0 Å². The summed E-state index contributed by atoms with van der Waals surface area (Å²) in [6.07, 6.45) is 1.21. The van der Waals surface area contributed by atoms with Crippen molar-refractivity contribution < 1.29 is 23.5 Å². The van der Waals surface area contributed by atoms with Crippen molar-refractivity contribution in [2.45, 2.75) is 26.9 Å². The first-order chi connectivity index (χ1) is 17.7. The third kappa shape index (κ3) is 6.94. The van der Waals surface area contributed by atoms with Crippen molar-refractivity contribution in [2.24, 2.45) is 0 Å². The Morgan fingerprint density at radius 2 is 1.92 bits per heavy atom. The van der Waals surface area contributed by atoms with E-state index in [9.17, 15) is 24.5 Å². The molecule has 1 heterocycles. The fourth-order valence-corrected chi connectivity index (χ4v) is 6.61. The van der Waals surface area contributed by atoms with Gasteiger partial charge in [0, 0.05) is 26.0 Å². The second-order valence-corrected chi connectivity index (χ2v) is 11.2. The summed E-state index contributed by atoms with van der Waals surface area (Å²) in [7, 11) is 0. The van der Waals surface area contributed by atoms with Crippen LogP contribution in [0, 0.1) is 42.5 Å². The Kier molecular flexibility index (Phi) is 10.2. The number of ether oxygens (including phenoxy) is 2. The molecule has 3 aromatic rings. The maximum absolute atomic E-state index is 14.1. The van der Waals surface area contributed by atoms with E-state index in [0.717, 1.165) is 18.5 Å². The summed E-state index contributed by atoms with van der Waals surface area (Å²) in [6, 6.07) is 13.9. The van der Waals surface area contributed by atoms with Gasteiger partial charge in [0.05, 0.1) is 21.3 Å². The topological polar surface area (TPSA) is 100 Å². The highest BCUT2D eigenvalue weighted by molar-refractivity contribution is 14.1. The van der Waals surface area contributed by atoms with Crippen LogP contribution >= 0.6 is 56.5 Å². The summed E-state index contributed by atoms with van der Waals surface area (Å²) in [6.45, 7) is 3.46. The molecule has 3 rings (SSSR count). The van der Waals surface area contributed by atoms with E-state index in [2.05, 4.69) is 45.2 Å². The van der Waals surface area contributed by atoms with Crippen LogP contribution in [0.4, 0.5) is 4.39 Å². The Morgan fingerprint density at radius 1 is 1.19 bits per heavy atom. The van der Waals surface area contributed by atoms with Crippen molar-refractivity contribution >= 4 is 74.3 Å². The Morgan fingerprint density at radius 3 is 2.57 bits per heavy atom. The van der Waals surface area contributed by atoms with E-state index in [1.807, 2.05) is 18.2 Å². The first-order valence-electron chi connectivity index (χ1n) is 10.9. The number of carbonyl (C=O) groups is 2. The van der Waals surface area contributed by atoms with Gasteiger partial charge < -0.3 is 9.47 Å². The Hall–Kier alpha value is -2.81. The number of carbonyl (C=O) groups excluding carboxylic acids is 2. The van der Waals surface area contributed by atoms with Gasteiger partial charge in [0.1, 0.15) is 35.2 Å². The molecular formula is C27H19FI2N2O4S. The number of ketones is 1. The average Bonchev–Trinajstić information content (AvgIpc) is 3.17. The van der Waals surface area contributed by atoms with Crippen LogP contribution in [0.5, 0.6) is 5.75 Å². The molecule has 0 saturated carbocycles. The van der Waals surface area contributed by atoms with Gasteiger partial charge >= 0.3 is 5.97 Å². The van der Waals surface area contributed by atoms with Crippen molar-refractivity contribution in [3.8, 4) is 17.9 Å². The van der Waals surface area contributed by atoms with Crippen molar-refractivity contribution in [2.75, 3.05) is 6.61 Å². The lowest BCUT2D eigenvalue weighted by Gasteiger charge is -2.13. The Labute approximate surface area is 245 Å². The lowest BCUT2D eigenvalue weighted by atomic mass is 10.0. The van der Waals surface area contributed by atoms with Crippen LogP contribution in [0.2, 0.25) is 0 Å². The summed E-state index contributed by atoms with van der Waals surface area (Å²) < 4.78 is 26.7. The molecule has 0 unspecified atom stereocenters. The summed E-state index contributed by atoms with van der Waals surface area (Å²) in [5, 5.41) is 19.4. The van der Waals surface area contributed by atoms with E-state index in [0.29, 0.717) is 27.3 Å². The first kappa shape index (κ1) is 28.8. The number of halogens is 3. The molecule has 0 radical (unpaired) electrons. The second kappa shape index (κ2) is 13.1. The van der Waals surface area contributed by atoms with E-state index < -0.39 is 17.6 Å². The molecule has 0 N–H and O–H groups in total. The molecule has 2 aromatic carbocycles. The molecule has 10 heteroatoms. The lowest BCUT2D eigenvalue weighted by Crippen LogP contribution is -2.06. The molecule has 0 saturated heterocycles. The third-order valence-electron chi connectivity index (χ3n) is 5.20. The standard InChI is InChI=1S/C27H19FI2N2O4S/c1-3-35-27(34)26-15(2)20(13-32)24(37-26)11-23(33)18(12-31)8-17-9-19(29)10-22(30)25(17)36-14-16-6-4-5-7-21(16)28/h4-10H,3,11,14H2,1-2H3. The lowest BCUT2D eigenvalue weighted by molar-refractivity contribution is -0.114. The second-order valence-electron chi connectivity index (χ2n) is 7.64. The number of thiophene rings is 1. The average molecular weight is 740 g/mol. The Balaban J connectivity index is 1.94. The minimum atomic E-state index is -0.554. The summed E-state index contributed by atoms with van der Waals surface area (Å²) >= 11 is 5.23. The van der Waals surface area contributed by atoms with E-state index in [4.69, 9.17) is 9.47 Å². The maximum atomic E-state index is 14.1. The van der Waals surface area contributed by atoms with Gasteiger partial charge in [-0.2, -0.15) is 10.5 Å². The molecular weight excluding hydrogens is 721 g/mol. The van der Waals surface area contributed by atoms with E-state index >= 15 is 0 Å². The smallest absolute Gasteiger partial charge is 0.348 e. The van der Waals surface area contributed by atoms with Gasteiger partial charge in [0.15, 0.2) is 5.78 Å². The molecule has 0 spiro atoms. The Bertz CT molecular complexity index is 1480. The van der Waals surface area contributed by atoms with Crippen LogP contribution in [-0.2, 0) is 22.6 Å². The summed E-state index contributed by atoms with van der Waals surface area (Å²) in [5.74, 6) is -1.04. The van der Waals surface area contributed by atoms with Gasteiger partial charge in [-0.1, -0.05) is 18.2 Å². The molecule has 37 heavy (non-hydrogen) atoms. The number of hydrogen-bond acceptors (Lipinski definition) is 7. The predicted octanol–water partition coefficient (Wildman–Crippen LogP) is 6.75. The van der Waals surface area contributed by atoms with Gasteiger partial charge in [0.25, 0.3) is 0 Å². The van der Waals surface area contributed by atoms with Gasteiger partial charge in [-0.05, 0) is 88.9 Å². The van der Waals surface area contributed by atoms with Crippen LogP contribution in [0.25, 0.3) is 6.08 Å². The number of hydrogen-bond donors (Lipinski definition) is 0. The SMILES string of the molecule is CCOC(=O)c1sc(CC(=O)C(C#N)=Cc2cc(I)cc(I)c2OCc2ccccc2F)c(C#N)c1C. The molecule has 0 aliphatic heterocycles. The van der Waals surface area contributed by atoms with Gasteiger partial charge in [-0.25, -0.2) is 9.18 Å². The highest BCUT2D eigenvalue weighted by Crippen LogP contribution is 2.33. The summed E-state index contributed by atoms with van der Waals surface area (Å²) in [4.78, 5) is 26.0. The fourth-order valence-electron chi connectivity index (χ4n) is 3.41. The number of Topliss-reactive ketones (excluding diaryl/α,β-unsaturated/α-hetero) is 1. The largest absolute Gasteiger partial charge is 0.487 e. The third-order valence-corrected chi connectivity index (χ3v) is 7.90. The number of nitrogens with zero attached hydrogens (tertiary/aromatic N) is 2. The zero-order valence-electron chi connectivity index (χ0n) is 19.7. The minimum Gasteiger partial charge on any atom is -0.487 e. The number of nitriles is 2. The number of allylic oxidation sites excluding steroid dienone is 1. The van der Waals surface area contributed by atoms with Crippen molar-refractivity contribution in [3.63, 3.8) is 0 Å². The maximum Gasteiger partial charge on any atom is 0.348 e. The molecule has 1 aromatic heterocycles. The molecule has 6 nitrogen and oxygen atoms in total. The molecule has 0 fully saturated rings. The highest BCUT2D eigenvalue weighted by Gasteiger charge is 2.24. The monoisotopic (exact) mass is 740 g/mol. The molecule has 0 aliphatic carbocycles. The molecule has 0 bridgehead atoms. The predicted molar refractivity (Wildman–Crippen MR) is 155 cm³/mol. The van der Waals surface area contributed by atoms with Crippen LogP contribution in [0.3, 0.4) is 0 Å². The highest BCUT2D eigenvalue weighted by atomic mass is 127. The van der Waals surface area contributed by atoms with Crippen LogP contribution in [-0.4, -0.2) is 18.4 Å². The van der Waals surface area contributed by atoms with E-state index in [1.54, 1.807) is 38.1 Å². The van der Waals surface area contributed by atoms with Crippen LogP contribution < -0.4 is 4.74 Å². The zero-order valence-corrected chi connectivity index (χ0v) is 24.9. The van der Waals surface area contributed by atoms with Crippen molar-refractivity contribution in [1.82, 2.24) is 0 Å². The van der Waals surface area contributed by atoms with E-state index in [-0.39, 0.29) is 35.6 Å². The first-order valence-corrected chi connectivity index (χ1v) is 13.9. The number of rotatable bonds is 9. The summed E-state index contributed by atoms with van der Waals surface area (Å²) in [5.41, 5.74) is 1.41. The van der Waals surface area contributed by atoms with Crippen LogP contribution in [0.1, 0.15) is 43.7 Å². The number of benzene rings is 2. The molecule has 0 aliphatic rings. The van der Waals surface area contributed by atoms with Gasteiger partial charge in [-0.3, -0.25) is 4.79 Å².